The van der Waals surface area contributed by atoms with Crippen LogP contribution in [-0.2, 0) is 0 Å². The van der Waals surface area contributed by atoms with E-state index in [1.54, 1.807) is 0 Å². The molecule has 0 radical (unpaired) electrons. The van der Waals surface area contributed by atoms with Crippen LogP contribution in [0.15, 0.2) is 164 Å². The van der Waals surface area contributed by atoms with Gasteiger partial charge in [-0.1, -0.05) is 109 Å². The lowest BCUT2D eigenvalue weighted by atomic mass is 9.87. The lowest BCUT2D eigenvalue weighted by Gasteiger charge is -2.17. The SMILES string of the molecule is c1ccc(-c2cc(-c3ccc(-c4ccc5c6c(cc7ccccc7c46)-c4ccccc4-5)c4ccccc34)cc(-c3ccccn3)n2)nc1. The summed E-state index contributed by atoms with van der Waals surface area (Å²) in [6.45, 7) is 0. The molecule has 0 bridgehead atoms. The van der Waals surface area contributed by atoms with Crippen LogP contribution in [0.3, 0.4) is 0 Å². The fraction of sp³-hybridized carbons (Fsp3) is 0. The van der Waals surface area contributed by atoms with Crippen molar-refractivity contribution >= 4 is 32.3 Å². The van der Waals surface area contributed by atoms with Crippen LogP contribution in [0, 0.1) is 0 Å². The van der Waals surface area contributed by atoms with Crippen LogP contribution in [0.2, 0.25) is 0 Å². The van der Waals surface area contributed by atoms with E-state index in [2.05, 4.69) is 125 Å². The third-order valence-corrected chi connectivity index (χ3v) is 9.72. The molecule has 1 aliphatic rings. The summed E-state index contributed by atoms with van der Waals surface area (Å²) in [6.07, 6.45) is 3.63. The van der Waals surface area contributed by atoms with E-state index in [9.17, 15) is 0 Å². The van der Waals surface area contributed by atoms with Crippen molar-refractivity contribution in [2.45, 2.75) is 0 Å². The summed E-state index contributed by atoms with van der Waals surface area (Å²) >= 11 is 0. The van der Waals surface area contributed by atoms with Crippen molar-refractivity contribution in [1.29, 1.82) is 0 Å². The summed E-state index contributed by atoms with van der Waals surface area (Å²) in [7, 11) is 0. The van der Waals surface area contributed by atoms with E-state index in [1.165, 1.54) is 65.7 Å². The van der Waals surface area contributed by atoms with Crippen LogP contribution in [0.25, 0.3) is 99.6 Å². The van der Waals surface area contributed by atoms with Gasteiger partial charge in [-0.3, -0.25) is 9.97 Å². The Labute approximate surface area is 277 Å². The Morgan fingerprint density at radius 3 is 1.50 bits per heavy atom. The zero-order chi connectivity index (χ0) is 31.6. The topological polar surface area (TPSA) is 38.7 Å². The summed E-state index contributed by atoms with van der Waals surface area (Å²) in [5.41, 5.74) is 13.3. The summed E-state index contributed by atoms with van der Waals surface area (Å²) in [4.78, 5) is 14.3. The standard InChI is InChI=1S/C45H27N3/c1-2-12-31-28(11-1)25-39-35-16-6-5-15-34(35)37-21-22-38(44(31)45(37)39)36-20-19-30(32-13-3-4-14-33(32)36)29-26-42(40-17-7-9-23-46-40)48-43(27-29)41-18-8-10-24-47-41/h1-27H. The number of benzene rings is 6. The second-order valence-electron chi connectivity index (χ2n) is 12.4. The third kappa shape index (κ3) is 4.04. The summed E-state index contributed by atoms with van der Waals surface area (Å²) in [6, 6.07) is 54.2. The highest BCUT2D eigenvalue weighted by Crippen LogP contribution is 2.52. The Kier molecular flexibility index (Phi) is 5.87. The molecular weight excluding hydrogens is 583 g/mol. The number of hydrogen-bond acceptors (Lipinski definition) is 3. The Morgan fingerprint density at radius 2 is 0.833 bits per heavy atom. The average Bonchev–Trinajstić information content (AvgIpc) is 3.49. The minimum atomic E-state index is 0.820. The lowest BCUT2D eigenvalue weighted by molar-refractivity contribution is 1.22. The van der Waals surface area contributed by atoms with Gasteiger partial charge in [0.1, 0.15) is 0 Å². The van der Waals surface area contributed by atoms with Crippen molar-refractivity contribution in [3.8, 4) is 67.3 Å². The van der Waals surface area contributed by atoms with Gasteiger partial charge in [-0.05, 0) is 119 Å². The number of aromatic nitrogens is 3. The van der Waals surface area contributed by atoms with Gasteiger partial charge in [0.25, 0.3) is 0 Å². The minimum Gasteiger partial charge on any atom is -0.255 e. The highest BCUT2D eigenvalue weighted by Gasteiger charge is 2.25. The zero-order valence-electron chi connectivity index (χ0n) is 25.9. The number of pyridine rings is 3. The van der Waals surface area contributed by atoms with Crippen molar-refractivity contribution in [2.24, 2.45) is 0 Å². The van der Waals surface area contributed by atoms with Crippen molar-refractivity contribution in [3.63, 3.8) is 0 Å². The van der Waals surface area contributed by atoms with Crippen LogP contribution >= 0.6 is 0 Å². The van der Waals surface area contributed by atoms with Crippen LogP contribution < -0.4 is 0 Å². The van der Waals surface area contributed by atoms with Gasteiger partial charge in [-0.2, -0.15) is 0 Å². The van der Waals surface area contributed by atoms with Gasteiger partial charge in [-0.15, -0.1) is 0 Å². The molecule has 3 nitrogen and oxygen atoms in total. The molecule has 3 heteroatoms. The molecule has 3 aromatic heterocycles. The van der Waals surface area contributed by atoms with Gasteiger partial charge in [0.05, 0.1) is 22.8 Å². The second-order valence-corrected chi connectivity index (χ2v) is 12.4. The fourth-order valence-corrected chi connectivity index (χ4v) is 7.62. The molecule has 0 fully saturated rings. The summed E-state index contributed by atoms with van der Waals surface area (Å²) in [5, 5.41) is 7.60. The van der Waals surface area contributed by atoms with Crippen molar-refractivity contribution < 1.29 is 0 Å². The molecule has 10 rings (SSSR count). The fourth-order valence-electron chi connectivity index (χ4n) is 7.62. The number of hydrogen-bond donors (Lipinski definition) is 0. The molecule has 9 aromatic rings. The van der Waals surface area contributed by atoms with Crippen LogP contribution in [0.1, 0.15) is 0 Å². The molecular formula is C45H27N3. The molecule has 0 amide bonds. The van der Waals surface area contributed by atoms with E-state index in [1.807, 2.05) is 48.8 Å². The van der Waals surface area contributed by atoms with Gasteiger partial charge >= 0.3 is 0 Å². The highest BCUT2D eigenvalue weighted by atomic mass is 14.8. The first-order chi connectivity index (χ1) is 23.8. The van der Waals surface area contributed by atoms with E-state index in [4.69, 9.17) is 4.98 Å². The number of rotatable bonds is 4. The average molecular weight is 610 g/mol. The van der Waals surface area contributed by atoms with Gasteiger partial charge in [0, 0.05) is 12.4 Å². The van der Waals surface area contributed by atoms with Crippen molar-refractivity contribution in [3.05, 3.63) is 164 Å². The molecule has 3 heterocycles. The molecule has 0 unspecified atom stereocenters. The largest absolute Gasteiger partial charge is 0.255 e. The molecule has 0 atom stereocenters. The summed E-state index contributed by atoms with van der Waals surface area (Å²) < 4.78 is 0. The van der Waals surface area contributed by atoms with E-state index in [-0.39, 0.29) is 0 Å². The first-order valence-electron chi connectivity index (χ1n) is 16.3. The first-order valence-corrected chi connectivity index (χ1v) is 16.3. The predicted molar refractivity (Wildman–Crippen MR) is 199 cm³/mol. The zero-order valence-corrected chi connectivity index (χ0v) is 25.9. The molecule has 48 heavy (non-hydrogen) atoms. The van der Waals surface area contributed by atoms with Crippen LogP contribution in [0.5, 0.6) is 0 Å². The first kappa shape index (κ1) is 26.7. The van der Waals surface area contributed by atoms with E-state index in [0.29, 0.717) is 0 Å². The Hall–Kier alpha value is -6.45. The van der Waals surface area contributed by atoms with Crippen LogP contribution in [0.4, 0.5) is 0 Å². The molecule has 0 saturated carbocycles. The number of fused-ring (bicyclic) bond motifs is 6. The molecule has 222 valence electrons. The van der Waals surface area contributed by atoms with E-state index < -0.39 is 0 Å². The molecule has 1 aliphatic carbocycles. The maximum absolute atomic E-state index is 5.02. The smallest absolute Gasteiger partial charge is 0.0900 e. The van der Waals surface area contributed by atoms with Gasteiger partial charge in [0.2, 0.25) is 0 Å². The van der Waals surface area contributed by atoms with Gasteiger partial charge in [-0.25, -0.2) is 4.98 Å². The van der Waals surface area contributed by atoms with Crippen molar-refractivity contribution in [1.82, 2.24) is 15.0 Å². The minimum absolute atomic E-state index is 0.820. The van der Waals surface area contributed by atoms with E-state index in [0.717, 1.165) is 33.9 Å². The maximum Gasteiger partial charge on any atom is 0.0900 e. The molecule has 0 spiro atoms. The van der Waals surface area contributed by atoms with Gasteiger partial charge in [0.15, 0.2) is 0 Å². The third-order valence-electron chi connectivity index (χ3n) is 9.72. The Morgan fingerprint density at radius 1 is 0.312 bits per heavy atom. The maximum atomic E-state index is 5.02. The van der Waals surface area contributed by atoms with Crippen LogP contribution in [-0.4, -0.2) is 15.0 Å². The highest BCUT2D eigenvalue weighted by molar-refractivity contribution is 6.28. The lowest BCUT2D eigenvalue weighted by Crippen LogP contribution is -1.95. The number of nitrogens with zero attached hydrogens (tertiary/aromatic N) is 3. The molecule has 0 aliphatic heterocycles. The Bertz CT molecular complexity index is 2660. The summed E-state index contributed by atoms with van der Waals surface area (Å²) in [5.74, 6) is 0. The molecule has 0 saturated heterocycles. The van der Waals surface area contributed by atoms with Gasteiger partial charge < -0.3 is 0 Å². The van der Waals surface area contributed by atoms with E-state index >= 15 is 0 Å². The normalized spacial score (nSPS) is 11.8. The molecule has 0 N–H and O–H groups in total. The predicted octanol–water partition coefficient (Wildman–Crippen LogP) is 11.6. The second kappa shape index (κ2) is 10.5. The van der Waals surface area contributed by atoms with Crippen molar-refractivity contribution in [2.75, 3.05) is 0 Å². The monoisotopic (exact) mass is 609 g/mol. The molecule has 6 aromatic carbocycles. The quantitative estimate of drug-likeness (QED) is 0.186. The Balaban J connectivity index is 1.24.